The number of rotatable bonds is 4. The van der Waals surface area contributed by atoms with Crippen LogP contribution in [0.25, 0.3) is 0 Å². The van der Waals surface area contributed by atoms with Crippen molar-refractivity contribution >= 4 is 0 Å². The van der Waals surface area contributed by atoms with Crippen LogP contribution in [0.1, 0.15) is 29.4 Å². The molecule has 0 fully saturated rings. The van der Waals surface area contributed by atoms with Gasteiger partial charge in [0, 0.05) is 11.4 Å². The van der Waals surface area contributed by atoms with Crippen LogP contribution >= 0.6 is 0 Å². The number of nitrogens with one attached hydrogen (secondary N) is 1. The van der Waals surface area contributed by atoms with Crippen LogP contribution in [-0.2, 0) is 0 Å². The van der Waals surface area contributed by atoms with Crippen molar-refractivity contribution in [2.75, 3.05) is 5.43 Å². The van der Waals surface area contributed by atoms with Gasteiger partial charge in [0.05, 0.1) is 18.5 Å². The first-order valence-corrected chi connectivity index (χ1v) is 6.05. The van der Waals surface area contributed by atoms with Crippen LogP contribution in [0.2, 0.25) is 0 Å². The number of hydrogen-bond donors (Lipinski definition) is 1. The summed E-state index contributed by atoms with van der Waals surface area (Å²) >= 11 is 0. The van der Waals surface area contributed by atoms with Crippen LogP contribution in [0.5, 0.6) is 0 Å². The number of benzene rings is 1. The fraction of sp³-hybridized carbons (Fsp3) is 0.267. The Balaban J connectivity index is 2.25. The Morgan fingerprint density at radius 1 is 1.11 bits per heavy atom. The number of aromatic nitrogens is 1. The van der Waals surface area contributed by atoms with Crippen molar-refractivity contribution in [3.63, 3.8) is 0 Å². The van der Waals surface area contributed by atoms with E-state index < -0.39 is 0 Å². The number of hydrogen-bond acceptors (Lipinski definition) is 2. The van der Waals surface area contributed by atoms with E-state index in [0.717, 1.165) is 17.0 Å². The molecule has 1 aromatic heterocycles. The summed E-state index contributed by atoms with van der Waals surface area (Å²) in [6.07, 6.45) is 0.446. The number of nitriles is 1. The Labute approximate surface area is 108 Å². The lowest BCUT2D eigenvalue weighted by atomic mass is 10.1. The molecule has 0 aliphatic rings. The summed E-state index contributed by atoms with van der Waals surface area (Å²) in [7, 11) is 0. The zero-order valence-corrected chi connectivity index (χ0v) is 10.7. The average molecular weight is 239 g/mol. The first kappa shape index (κ1) is 12.3. The third kappa shape index (κ3) is 2.54. The van der Waals surface area contributed by atoms with Gasteiger partial charge in [-0.25, -0.2) is 0 Å². The first-order chi connectivity index (χ1) is 8.72. The molecule has 3 nitrogen and oxygen atoms in total. The highest BCUT2D eigenvalue weighted by Gasteiger charge is 2.12. The molecule has 0 bridgehead atoms. The lowest BCUT2D eigenvalue weighted by molar-refractivity contribution is 0.664. The third-order valence-corrected chi connectivity index (χ3v) is 3.05. The SMILES string of the molecule is Cc1ccc(C)n1NC(CC#N)c1ccccc1. The van der Waals surface area contributed by atoms with Gasteiger partial charge in [-0.3, -0.25) is 4.68 Å². The topological polar surface area (TPSA) is 40.8 Å². The molecular weight excluding hydrogens is 222 g/mol. The summed E-state index contributed by atoms with van der Waals surface area (Å²) in [6, 6.07) is 16.5. The van der Waals surface area contributed by atoms with Crippen LogP contribution in [0, 0.1) is 25.2 Å². The van der Waals surface area contributed by atoms with Crippen molar-refractivity contribution in [2.24, 2.45) is 0 Å². The van der Waals surface area contributed by atoms with Crippen molar-refractivity contribution in [2.45, 2.75) is 26.3 Å². The molecule has 0 amide bonds. The summed E-state index contributed by atoms with van der Waals surface area (Å²) < 4.78 is 2.04. The minimum atomic E-state index is 0.0148. The van der Waals surface area contributed by atoms with Crippen molar-refractivity contribution in [3.05, 3.63) is 59.4 Å². The quantitative estimate of drug-likeness (QED) is 0.889. The summed E-state index contributed by atoms with van der Waals surface area (Å²) in [5.41, 5.74) is 6.83. The van der Waals surface area contributed by atoms with Crippen LogP contribution in [0.15, 0.2) is 42.5 Å². The molecule has 0 aliphatic heterocycles. The molecule has 18 heavy (non-hydrogen) atoms. The Morgan fingerprint density at radius 3 is 2.28 bits per heavy atom. The standard InChI is InChI=1S/C15H17N3/c1-12-8-9-13(2)18(12)17-15(10-11-16)14-6-4-3-5-7-14/h3-9,15,17H,10H2,1-2H3. The fourth-order valence-corrected chi connectivity index (χ4v) is 2.04. The largest absolute Gasteiger partial charge is 0.317 e. The molecule has 0 spiro atoms. The van der Waals surface area contributed by atoms with Gasteiger partial charge in [-0.15, -0.1) is 0 Å². The molecule has 0 aliphatic carbocycles. The third-order valence-electron chi connectivity index (χ3n) is 3.05. The molecule has 1 unspecified atom stereocenters. The second kappa shape index (κ2) is 5.42. The molecule has 3 heteroatoms. The van der Waals surface area contributed by atoms with E-state index in [4.69, 9.17) is 5.26 Å². The first-order valence-electron chi connectivity index (χ1n) is 6.05. The molecule has 1 N–H and O–H groups in total. The van der Waals surface area contributed by atoms with Gasteiger partial charge in [-0.2, -0.15) is 5.26 Å². The van der Waals surface area contributed by atoms with E-state index in [9.17, 15) is 0 Å². The lowest BCUT2D eigenvalue weighted by Crippen LogP contribution is -2.22. The average Bonchev–Trinajstić information content (AvgIpc) is 2.71. The second-order valence-electron chi connectivity index (χ2n) is 4.41. The molecule has 2 aromatic rings. The Morgan fingerprint density at radius 2 is 1.72 bits per heavy atom. The predicted molar refractivity (Wildman–Crippen MR) is 72.7 cm³/mol. The van der Waals surface area contributed by atoms with Gasteiger partial charge in [-0.05, 0) is 31.5 Å². The number of nitrogens with zero attached hydrogens (tertiary/aromatic N) is 2. The smallest absolute Gasteiger partial charge is 0.0803 e. The molecule has 1 atom stereocenters. The van der Waals surface area contributed by atoms with E-state index >= 15 is 0 Å². The number of aryl methyl sites for hydroxylation is 2. The molecule has 92 valence electrons. The van der Waals surface area contributed by atoms with Gasteiger partial charge in [-0.1, -0.05) is 30.3 Å². The van der Waals surface area contributed by atoms with Gasteiger partial charge in [0.1, 0.15) is 0 Å². The minimum Gasteiger partial charge on any atom is -0.317 e. The van der Waals surface area contributed by atoms with Crippen LogP contribution in [0.4, 0.5) is 0 Å². The van der Waals surface area contributed by atoms with E-state index in [1.54, 1.807) is 0 Å². The molecule has 0 radical (unpaired) electrons. The highest BCUT2D eigenvalue weighted by molar-refractivity contribution is 5.24. The predicted octanol–water partition coefficient (Wildman–Crippen LogP) is 3.30. The minimum absolute atomic E-state index is 0.0148. The molecule has 0 saturated heterocycles. The van der Waals surface area contributed by atoms with Crippen molar-refractivity contribution in [1.29, 1.82) is 5.26 Å². The monoisotopic (exact) mass is 239 g/mol. The maximum absolute atomic E-state index is 8.97. The van der Waals surface area contributed by atoms with E-state index in [1.165, 1.54) is 0 Å². The van der Waals surface area contributed by atoms with Crippen molar-refractivity contribution in [3.8, 4) is 6.07 Å². The second-order valence-corrected chi connectivity index (χ2v) is 4.41. The van der Waals surface area contributed by atoms with Gasteiger partial charge < -0.3 is 5.43 Å². The molecule has 0 saturated carbocycles. The maximum atomic E-state index is 8.97. The van der Waals surface area contributed by atoms with Crippen LogP contribution in [-0.4, -0.2) is 4.68 Å². The zero-order valence-electron chi connectivity index (χ0n) is 10.7. The van der Waals surface area contributed by atoms with Crippen molar-refractivity contribution in [1.82, 2.24) is 4.68 Å². The fourth-order valence-electron chi connectivity index (χ4n) is 2.04. The van der Waals surface area contributed by atoms with Gasteiger partial charge in [0.25, 0.3) is 0 Å². The van der Waals surface area contributed by atoms with E-state index in [2.05, 4.69) is 37.5 Å². The summed E-state index contributed by atoms with van der Waals surface area (Å²) in [5, 5.41) is 8.97. The Bertz CT molecular complexity index is 529. The molecule has 2 rings (SSSR count). The summed E-state index contributed by atoms with van der Waals surface area (Å²) in [6.45, 7) is 4.10. The maximum Gasteiger partial charge on any atom is 0.0803 e. The summed E-state index contributed by atoms with van der Waals surface area (Å²) in [5.74, 6) is 0. The van der Waals surface area contributed by atoms with Gasteiger partial charge in [0.2, 0.25) is 0 Å². The normalized spacial score (nSPS) is 11.8. The summed E-state index contributed by atoms with van der Waals surface area (Å²) in [4.78, 5) is 0. The van der Waals surface area contributed by atoms with E-state index in [-0.39, 0.29) is 6.04 Å². The van der Waals surface area contributed by atoms with E-state index in [1.807, 2.05) is 35.0 Å². The van der Waals surface area contributed by atoms with Crippen LogP contribution in [0.3, 0.4) is 0 Å². The molecular formula is C15H17N3. The molecule has 1 heterocycles. The highest BCUT2D eigenvalue weighted by Crippen LogP contribution is 2.18. The van der Waals surface area contributed by atoms with Crippen molar-refractivity contribution < 1.29 is 0 Å². The Hall–Kier alpha value is -2.21. The van der Waals surface area contributed by atoms with Gasteiger partial charge >= 0.3 is 0 Å². The lowest BCUT2D eigenvalue weighted by Gasteiger charge is -2.21. The Kier molecular flexibility index (Phi) is 3.69. The highest BCUT2D eigenvalue weighted by atomic mass is 15.4. The zero-order chi connectivity index (χ0) is 13.0. The van der Waals surface area contributed by atoms with Gasteiger partial charge in [0.15, 0.2) is 0 Å². The molecule has 1 aromatic carbocycles. The van der Waals surface area contributed by atoms with Crippen LogP contribution < -0.4 is 5.43 Å². The van der Waals surface area contributed by atoms with E-state index in [0.29, 0.717) is 6.42 Å².